The molecule has 4 atom stereocenters. The molecule has 1 aliphatic heterocycles. The van der Waals surface area contributed by atoms with Gasteiger partial charge in [0.1, 0.15) is 0 Å². The van der Waals surface area contributed by atoms with Crippen molar-refractivity contribution in [3.8, 4) is 0 Å². The van der Waals surface area contributed by atoms with Crippen molar-refractivity contribution in [1.29, 1.82) is 0 Å². The molecule has 1 saturated carbocycles. The van der Waals surface area contributed by atoms with Crippen LogP contribution < -0.4 is 0 Å². The lowest BCUT2D eigenvalue weighted by Gasteiger charge is -2.15. The van der Waals surface area contributed by atoms with Gasteiger partial charge < -0.3 is 4.74 Å². The minimum atomic E-state index is -0.582. The Hall–Kier alpha value is -1.69. The predicted octanol–water partition coefficient (Wildman–Crippen LogP) is 0.288. The first kappa shape index (κ1) is 12.3. The van der Waals surface area contributed by atoms with E-state index in [4.69, 9.17) is 9.57 Å². The van der Waals surface area contributed by atoms with Crippen LogP contribution in [0.3, 0.4) is 0 Å². The molecule has 3 aliphatic rings. The fourth-order valence-electron chi connectivity index (χ4n) is 3.32. The Morgan fingerprint density at radius 3 is 2.37 bits per heavy atom. The maximum Gasteiger partial charge on any atom is 0.334 e. The summed E-state index contributed by atoms with van der Waals surface area (Å²) in [6.45, 7) is 1.51. The number of hydrogen-bond acceptors (Lipinski definition) is 5. The molecular weight excluding hydrogens is 250 g/mol. The van der Waals surface area contributed by atoms with E-state index in [2.05, 4.69) is 0 Å². The second kappa shape index (κ2) is 4.45. The molecule has 2 amide bonds. The maximum absolute atomic E-state index is 12.2. The quantitative estimate of drug-likeness (QED) is 0.415. The summed E-state index contributed by atoms with van der Waals surface area (Å²) in [5.41, 5.74) is 0. The second-order valence-corrected chi connectivity index (χ2v) is 5.05. The fourth-order valence-corrected chi connectivity index (χ4v) is 3.32. The summed E-state index contributed by atoms with van der Waals surface area (Å²) in [5.74, 6) is -1.55. The summed E-state index contributed by atoms with van der Waals surface area (Å²) in [5, 5.41) is 0.762. The molecule has 19 heavy (non-hydrogen) atoms. The topological polar surface area (TPSA) is 72.9 Å². The highest BCUT2D eigenvalue weighted by Gasteiger charge is 2.60. The number of ether oxygens (including phenoxy) is 1. The summed E-state index contributed by atoms with van der Waals surface area (Å²) in [7, 11) is 0. The van der Waals surface area contributed by atoms with Crippen LogP contribution in [0.4, 0.5) is 0 Å². The summed E-state index contributed by atoms with van der Waals surface area (Å²) >= 11 is 0. The largest absolute Gasteiger partial charge is 0.464 e. The van der Waals surface area contributed by atoms with Gasteiger partial charge >= 0.3 is 5.97 Å². The lowest BCUT2D eigenvalue weighted by Crippen LogP contribution is -2.35. The van der Waals surface area contributed by atoms with Crippen LogP contribution in [0.2, 0.25) is 0 Å². The lowest BCUT2D eigenvalue weighted by atomic mass is 9.85. The number of hydroxylamine groups is 2. The number of fused-ring (bicyclic) bond motifs is 5. The number of nitrogens with zero attached hydrogens (tertiary/aromatic N) is 1. The van der Waals surface area contributed by atoms with Crippen molar-refractivity contribution in [2.45, 2.75) is 13.3 Å². The Morgan fingerprint density at radius 1 is 1.26 bits per heavy atom. The van der Waals surface area contributed by atoms with Gasteiger partial charge in [-0.2, -0.15) is 5.06 Å². The summed E-state index contributed by atoms with van der Waals surface area (Å²) in [6.07, 6.45) is 4.89. The number of imide groups is 1. The van der Waals surface area contributed by atoms with E-state index in [-0.39, 0.29) is 42.1 Å². The molecule has 2 fully saturated rings. The van der Waals surface area contributed by atoms with Crippen LogP contribution in [0.5, 0.6) is 0 Å². The van der Waals surface area contributed by atoms with Crippen molar-refractivity contribution < 1.29 is 24.0 Å². The van der Waals surface area contributed by atoms with Crippen molar-refractivity contribution in [2.24, 2.45) is 23.7 Å². The molecule has 0 unspecified atom stereocenters. The van der Waals surface area contributed by atoms with Crippen LogP contribution in [0, 0.1) is 23.7 Å². The zero-order chi connectivity index (χ0) is 13.6. The normalized spacial score (nSPS) is 35.1. The van der Waals surface area contributed by atoms with E-state index in [0.29, 0.717) is 0 Å². The van der Waals surface area contributed by atoms with Crippen LogP contribution in [0.1, 0.15) is 13.3 Å². The van der Waals surface area contributed by atoms with E-state index in [9.17, 15) is 14.4 Å². The molecule has 6 nitrogen and oxygen atoms in total. The van der Waals surface area contributed by atoms with Crippen molar-refractivity contribution in [3.05, 3.63) is 12.2 Å². The SMILES string of the molecule is CCOC(=O)CON1C(=O)[C@@H]2[C@H](C1=O)[C@@H]1C=C[C@H]2C1. The molecule has 1 heterocycles. The molecule has 0 N–H and O–H groups in total. The van der Waals surface area contributed by atoms with Gasteiger partial charge in [-0.05, 0) is 25.2 Å². The molecule has 0 radical (unpaired) electrons. The van der Waals surface area contributed by atoms with Gasteiger partial charge in [0.05, 0.1) is 18.4 Å². The smallest absolute Gasteiger partial charge is 0.334 e. The van der Waals surface area contributed by atoms with E-state index in [1.54, 1.807) is 6.92 Å². The van der Waals surface area contributed by atoms with Gasteiger partial charge in [0.15, 0.2) is 6.61 Å². The van der Waals surface area contributed by atoms with Gasteiger partial charge in [0.2, 0.25) is 0 Å². The monoisotopic (exact) mass is 265 g/mol. The van der Waals surface area contributed by atoms with Crippen LogP contribution in [-0.2, 0) is 24.0 Å². The summed E-state index contributed by atoms with van der Waals surface area (Å²) in [6, 6.07) is 0. The third-order valence-corrected chi connectivity index (χ3v) is 4.05. The number of amides is 2. The van der Waals surface area contributed by atoms with Crippen molar-refractivity contribution in [1.82, 2.24) is 5.06 Å². The van der Waals surface area contributed by atoms with Gasteiger partial charge in [0, 0.05) is 0 Å². The van der Waals surface area contributed by atoms with Crippen molar-refractivity contribution >= 4 is 17.8 Å². The zero-order valence-corrected chi connectivity index (χ0v) is 10.6. The molecule has 0 aromatic carbocycles. The molecule has 102 valence electrons. The van der Waals surface area contributed by atoms with Gasteiger partial charge in [-0.3, -0.25) is 14.4 Å². The highest BCUT2D eigenvalue weighted by Crippen LogP contribution is 2.52. The number of carbonyl (C=O) groups is 3. The first-order valence-corrected chi connectivity index (χ1v) is 6.48. The predicted molar refractivity (Wildman–Crippen MR) is 62.2 cm³/mol. The Labute approximate surface area is 110 Å². The molecule has 0 aromatic heterocycles. The highest BCUT2D eigenvalue weighted by atomic mass is 16.7. The zero-order valence-electron chi connectivity index (χ0n) is 10.6. The Morgan fingerprint density at radius 2 is 1.84 bits per heavy atom. The summed E-state index contributed by atoms with van der Waals surface area (Å²) in [4.78, 5) is 40.5. The van der Waals surface area contributed by atoms with Crippen LogP contribution >= 0.6 is 0 Å². The Kier molecular flexibility index (Phi) is 2.89. The third kappa shape index (κ3) is 1.78. The fraction of sp³-hybridized carbons (Fsp3) is 0.615. The number of esters is 1. The molecular formula is C13H15NO5. The standard InChI is InChI=1S/C13H15NO5/c1-2-18-9(15)6-19-14-12(16)10-7-3-4-8(5-7)11(10)13(14)17/h3-4,7-8,10-11H,2,5-6H2,1H3/t7-,8+,10-,11+. The number of carbonyl (C=O) groups excluding carboxylic acids is 3. The maximum atomic E-state index is 12.2. The summed E-state index contributed by atoms with van der Waals surface area (Å²) < 4.78 is 4.70. The van der Waals surface area contributed by atoms with Crippen molar-refractivity contribution in [2.75, 3.05) is 13.2 Å². The van der Waals surface area contributed by atoms with E-state index in [0.717, 1.165) is 11.5 Å². The van der Waals surface area contributed by atoms with E-state index >= 15 is 0 Å². The van der Waals surface area contributed by atoms with Crippen LogP contribution in [0.15, 0.2) is 12.2 Å². The molecule has 1 saturated heterocycles. The Balaban J connectivity index is 1.67. The molecule has 3 rings (SSSR count). The molecule has 2 aliphatic carbocycles. The number of rotatable bonds is 4. The van der Waals surface area contributed by atoms with Gasteiger partial charge in [-0.15, -0.1) is 0 Å². The van der Waals surface area contributed by atoms with Crippen molar-refractivity contribution in [3.63, 3.8) is 0 Å². The van der Waals surface area contributed by atoms with E-state index in [1.165, 1.54) is 0 Å². The van der Waals surface area contributed by atoms with Gasteiger partial charge in [0.25, 0.3) is 11.8 Å². The molecule has 6 heteroatoms. The average molecular weight is 265 g/mol. The first-order chi connectivity index (χ1) is 9.13. The van der Waals surface area contributed by atoms with E-state index in [1.807, 2.05) is 12.2 Å². The second-order valence-electron chi connectivity index (χ2n) is 5.05. The molecule has 2 bridgehead atoms. The van der Waals surface area contributed by atoms with Crippen LogP contribution in [0.25, 0.3) is 0 Å². The molecule has 0 aromatic rings. The lowest BCUT2D eigenvalue weighted by molar-refractivity contribution is -0.195. The third-order valence-electron chi connectivity index (χ3n) is 4.05. The first-order valence-electron chi connectivity index (χ1n) is 6.48. The van der Waals surface area contributed by atoms with Gasteiger partial charge in [-0.25, -0.2) is 4.79 Å². The Bertz CT molecular complexity index is 442. The molecule has 0 spiro atoms. The minimum absolute atomic E-state index is 0.141. The highest BCUT2D eigenvalue weighted by molar-refractivity contribution is 6.05. The minimum Gasteiger partial charge on any atom is -0.464 e. The average Bonchev–Trinajstić information content (AvgIpc) is 3.03. The number of allylic oxidation sites excluding steroid dienone is 2. The van der Waals surface area contributed by atoms with Crippen LogP contribution in [-0.4, -0.2) is 36.1 Å². The van der Waals surface area contributed by atoms with E-state index < -0.39 is 12.6 Å². The number of hydrogen-bond donors (Lipinski definition) is 0. The van der Waals surface area contributed by atoms with Gasteiger partial charge in [-0.1, -0.05) is 12.2 Å².